The van der Waals surface area contributed by atoms with Gasteiger partial charge in [-0.25, -0.2) is 0 Å². The minimum atomic E-state index is -2.29. The van der Waals surface area contributed by atoms with Crippen LogP contribution >= 0.6 is 0 Å². The summed E-state index contributed by atoms with van der Waals surface area (Å²) in [5.74, 6) is -11.0. The summed E-state index contributed by atoms with van der Waals surface area (Å²) in [6.45, 7) is 9.63. The van der Waals surface area contributed by atoms with Gasteiger partial charge in [-0.1, -0.05) is 54.4 Å². The van der Waals surface area contributed by atoms with Crippen molar-refractivity contribution in [3.05, 3.63) is 0 Å². The van der Waals surface area contributed by atoms with Crippen molar-refractivity contribution < 1.29 is 39.6 Å². The van der Waals surface area contributed by atoms with E-state index in [-0.39, 0.29) is 0 Å². The van der Waals surface area contributed by atoms with E-state index in [0.29, 0.717) is 25.7 Å². The number of hydrogen-bond acceptors (Lipinski definition) is 4. The van der Waals surface area contributed by atoms with E-state index in [0.717, 1.165) is 0 Å². The molecule has 0 saturated heterocycles. The minimum Gasteiger partial charge on any atom is -0.480 e. The first-order chi connectivity index (χ1) is 13.8. The molecule has 1 aliphatic carbocycles. The van der Waals surface area contributed by atoms with Crippen molar-refractivity contribution >= 4 is 23.9 Å². The lowest BCUT2D eigenvalue weighted by Gasteiger charge is -2.55. The predicted molar refractivity (Wildman–Crippen MR) is 109 cm³/mol. The van der Waals surface area contributed by atoms with E-state index >= 15 is 0 Å². The first-order valence-electron chi connectivity index (χ1n) is 10.7. The van der Waals surface area contributed by atoms with Gasteiger partial charge in [0.2, 0.25) is 0 Å². The third kappa shape index (κ3) is 3.58. The maximum absolute atomic E-state index is 12.6. The number of rotatable bonds is 10. The van der Waals surface area contributed by atoms with E-state index in [1.165, 1.54) is 27.7 Å². The lowest BCUT2D eigenvalue weighted by atomic mass is 9.45. The van der Waals surface area contributed by atoms with Crippen LogP contribution in [-0.4, -0.2) is 44.3 Å². The minimum absolute atomic E-state index is 0.413. The van der Waals surface area contributed by atoms with Gasteiger partial charge in [-0.2, -0.15) is 0 Å². The molecule has 8 nitrogen and oxygen atoms in total. The summed E-state index contributed by atoms with van der Waals surface area (Å²) in [6.07, 6.45) is 1.97. The SMILES string of the molecule is CCC1CCC(CC)C(C(C(=O)O)(C(=O)O)C(C)C)C1C(C(=O)O)(C(=O)O)C(C)C. The second-order valence-electron chi connectivity index (χ2n) is 9.23. The first-order valence-corrected chi connectivity index (χ1v) is 10.7. The van der Waals surface area contributed by atoms with Gasteiger partial charge in [0.05, 0.1) is 0 Å². The van der Waals surface area contributed by atoms with E-state index in [9.17, 15) is 39.6 Å². The summed E-state index contributed by atoms with van der Waals surface area (Å²) in [5, 5.41) is 40.9. The van der Waals surface area contributed by atoms with Crippen LogP contribution in [0.25, 0.3) is 0 Å². The molecule has 0 aliphatic heterocycles. The van der Waals surface area contributed by atoms with Gasteiger partial charge in [0.25, 0.3) is 0 Å². The van der Waals surface area contributed by atoms with Crippen LogP contribution in [0.2, 0.25) is 0 Å². The Morgan fingerprint density at radius 3 is 1.03 bits per heavy atom. The van der Waals surface area contributed by atoms with Gasteiger partial charge in [0, 0.05) is 0 Å². The summed E-state index contributed by atoms with van der Waals surface area (Å²) in [5.41, 5.74) is -4.57. The molecular weight excluding hydrogens is 392 g/mol. The summed E-state index contributed by atoms with van der Waals surface area (Å²) in [7, 11) is 0. The van der Waals surface area contributed by atoms with E-state index in [2.05, 4.69) is 0 Å². The van der Waals surface area contributed by atoms with E-state index < -0.39 is 70.2 Å². The Bertz CT molecular complexity index is 595. The Balaban J connectivity index is 4.12. The second kappa shape index (κ2) is 9.35. The average molecular weight is 429 g/mol. The number of aliphatic carboxylic acids is 4. The van der Waals surface area contributed by atoms with Crippen LogP contribution < -0.4 is 0 Å². The highest BCUT2D eigenvalue weighted by Gasteiger charge is 2.69. The molecule has 0 heterocycles. The van der Waals surface area contributed by atoms with E-state index in [4.69, 9.17) is 0 Å². The lowest BCUT2D eigenvalue weighted by Crippen LogP contribution is -2.64. The molecule has 0 spiro atoms. The third-order valence-corrected chi connectivity index (χ3v) is 7.65. The van der Waals surface area contributed by atoms with Crippen LogP contribution in [0, 0.1) is 46.3 Å². The highest BCUT2D eigenvalue weighted by molar-refractivity contribution is 6.01. The first kappa shape index (κ1) is 25.9. The van der Waals surface area contributed by atoms with Gasteiger partial charge in [0.15, 0.2) is 10.8 Å². The zero-order chi connectivity index (χ0) is 23.6. The van der Waals surface area contributed by atoms with E-state index in [1.54, 1.807) is 0 Å². The van der Waals surface area contributed by atoms with Crippen molar-refractivity contribution in [1.29, 1.82) is 0 Å². The van der Waals surface area contributed by atoms with Crippen LogP contribution in [0.5, 0.6) is 0 Å². The normalized spacial score (nSPS) is 25.3. The molecule has 0 aromatic heterocycles. The van der Waals surface area contributed by atoms with Crippen LogP contribution in [0.1, 0.15) is 67.2 Å². The smallest absolute Gasteiger partial charge is 0.321 e. The van der Waals surface area contributed by atoms with Gasteiger partial charge >= 0.3 is 23.9 Å². The van der Waals surface area contributed by atoms with Crippen LogP contribution in [0.4, 0.5) is 0 Å². The summed E-state index contributed by atoms with van der Waals surface area (Å²) in [6, 6.07) is 0. The Morgan fingerprint density at radius 1 is 0.667 bits per heavy atom. The Hall–Kier alpha value is -2.12. The standard InChI is InChI=1S/C22H36O8/c1-7-13-9-10-14(8-2)16(22(12(5)6,19(27)28)20(29)30)15(13)21(11(3)4,17(23)24)18(25)26/h11-16H,7-10H2,1-6H3,(H,23,24)(H,25,26)(H,27,28)(H,29,30). The fraction of sp³-hybridized carbons (Fsp3) is 0.818. The molecule has 172 valence electrons. The van der Waals surface area contributed by atoms with Crippen molar-refractivity contribution in [2.75, 3.05) is 0 Å². The molecule has 8 heteroatoms. The zero-order valence-corrected chi connectivity index (χ0v) is 18.7. The highest BCUT2D eigenvalue weighted by atomic mass is 16.4. The topological polar surface area (TPSA) is 149 Å². The van der Waals surface area contributed by atoms with Crippen LogP contribution in [0.15, 0.2) is 0 Å². The van der Waals surface area contributed by atoms with Crippen molar-refractivity contribution in [2.24, 2.45) is 46.3 Å². The van der Waals surface area contributed by atoms with E-state index in [1.807, 2.05) is 13.8 Å². The second-order valence-corrected chi connectivity index (χ2v) is 9.23. The van der Waals surface area contributed by atoms with Gasteiger partial charge in [0.1, 0.15) is 0 Å². The summed E-state index contributed by atoms with van der Waals surface area (Å²) < 4.78 is 0. The van der Waals surface area contributed by atoms with Crippen LogP contribution in [-0.2, 0) is 19.2 Å². The van der Waals surface area contributed by atoms with Gasteiger partial charge in [-0.15, -0.1) is 0 Å². The molecule has 0 amide bonds. The van der Waals surface area contributed by atoms with Crippen molar-refractivity contribution in [1.82, 2.24) is 0 Å². The fourth-order valence-electron chi connectivity index (χ4n) is 6.11. The molecule has 0 bridgehead atoms. The maximum atomic E-state index is 12.6. The monoisotopic (exact) mass is 428 g/mol. The molecule has 0 aromatic rings. The lowest BCUT2D eigenvalue weighted by molar-refractivity contribution is -0.203. The van der Waals surface area contributed by atoms with Crippen molar-refractivity contribution in [3.8, 4) is 0 Å². The Morgan fingerprint density at radius 2 is 0.900 bits per heavy atom. The molecule has 4 N–H and O–H groups in total. The molecule has 1 rings (SSSR count). The predicted octanol–water partition coefficient (Wildman–Crippen LogP) is 3.69. The van der Waals surface area contributed by atoms with Crippen molar-refractivity contribution in [2.45, 2.75) is 67.2 Å². The number of hydrogen-bond donors (Lipinski definition) is 4. The molecule has 1 aliphatic rings. The molecule has 0 radical (unpaired) electrons. The Kier molecular flexibility index (Phi) is 8.08. The maximum Gasteiger partial charge on any atom is 0.321 e. The molecular formula is C22H36O8. The summed E-state index contributed by atoms with van der Waals surface area (Å²) in [4.78, 5) is 50.3. The number of carboxylic acids is 4. The van der Waals surface area contributed by atoms with Crippen LogP contribution in [0.3, 0.4) is 0 Å². The number of carboxylic acid groups (broad SMARTS) is 4. The highest BCUT2D eigenvalue weighted by Crippen LogP contribution is 2.60. The average Bonchev–Trinajstić information content (AvgIpc) is 2.61. The van der Waals surface area contributed by atoms with Gasteiger partial charge < -0.3 is 20.4 Å². The molecule has 0 aromatic carbocycles. The third-order valence-electron chi connectivity index (χ3n) is 7.65. The Labute approximate surface area is 177 Å². The number of carbonyl (C=O) groups is 4. The molecule has 4 atom stereocenters. The quantitative estimate of drug-likeness (QED) is 0.385. The molecule has 1 saturated carbocycles. The van der Waals surface area contributed by atoms with Gasteiger partial charge in [-0.3, -0.25) is 19.2 Å². The van der Waals surface area contributed by atoms with Crippen molar-refractivity contribution in [3.63, 3.8) is 0 Å². The molecule has 1 fully saturated rings. The molecule has 4 unspecified atom stereocenters. The largest absolute Gasteiger partial charge is 0.480 e. The zero-order valence-electron chi connectivity index (χ0n) is 18.7. The summed E-state index contributed by atoms with van der Waals surface area (Å²) >= 11 is 0. The fourth-order valence-corrected chi connectivity index (χ4v) is 6.11. The molecule has 30 heavy (non-hydrogen) atoms. The van der Waals surface area contributed by atoms with Gasteiger partial charge in [-0.05, 0) is 48.3 Å².